The van der Waals surface area contributed by atoms with Crippen LogP contribution in [-0.4, -0.2) is 11.1 Å². The van der Waals surface area contributed by atoms with Crippen molar-refractivity contribution in [2.45, 2.75) is 6.92 Å². The third-order valence-corrected chi connectivity index (χ3v) is 2.11. The number of hydrogen-bond donors (Lipinski definition) is 1. The first-order chi connectivity index (χ1) is 6.09. The first kappa shape index (κ1) is 13.2. The van der Waals surface area contributed by atoms with Crippen molar-refractivity contribution in [2.24, 2.45) is 0 Å². The summed E-state index contributed by atoms with van der Waals surface area (Å²) >= 11 is 3.32. The van der Waals surface area contributed by atoms with Crippen LogP contribution in [0.15, 0.2) is 34.8 Å². The average Bonchev–Trinajstić information content (AvgIpc) is 2.03. The number of halogens is 2. The Bertz CT molecular complexity index is 361. The van der Waals surface area contributed by atoms with Crippen LogP contribution in [0.5, 0.6) is 0 Å². The van der Waals surface area contributed by atoms with Crippen molar-refractivity contribution >= 4 is 39.9 Å². The monoisotopic (exact) mass is 276 g/mol. The molecule has 0 atom stereocenters. The Morgan fingerprint density at radius 2 is 2.14 bits per heavy atom. The molecule has 4 heteroatoms. The normalized spacial score (nSPS) is 10.6. The van der Waals surface area contributed by atoms with E-state index in [1.807, 2.05) is 24.3 Å². The highest BCUT2D eigenvalue weighted by molar-refractivity contribution is 9.10. The number of allylic oxidation sites excluding steroid dienone is 1. The van der Waals surface area contributed by atoms with E-state index in [4.69, 9.17) is 5.11 Å². The molecule has 14 heavy (non-hydrogen) atoms. The van der Waals surface area contributed by atoms with E-state index < -0.39 is 5.97 Å². The summed E-state index contributed by atoms with van der Waals surface area (Å²) < 4.78 is 0.947. The first-order valence-corrected chi connectivity index (χ1v) is 4.56. The van der Waals surface area contributed by atoms with Gasteiger partial charge in [0.15, 0.2) is 0 Å². The van der Waals surface area contributed by atoms with E-state index in [0.717, 1.165) is 15.6 Å². The lowest BCUT2D eigenvalue weighted by molar-refractivity contribution is -0.131. The molecule has 0 aliphatic carbocycles. The molecule has 1 aromatic carbocycles. The van der Waals surface area contributed by atoms with Crippen LogP contribution in [0.25, 0.3) is 5.57 Å². The van der Waals surface area contributed by atoms with Gasteiger partial charge in [-0.3, -0.25) is 0 Å². The van der Waals surface area contributed by atoms with Crippen LogP contribution in [-0.2, 0) is 4.79 Å². The van der Waals surface area contributed by atoms with Gasteiger partial charge in [-0.05, 0) is 30.2 Å². The molecule has 0 aliphatic rings. The third-order valence-electron chi connectivity index (χ3n) is 1.62. The second-order valence-corrected chi connectivity index (χ2v) is 3.59. The van der Waals surface area contributed by atoms with Crippen molar-refractivity contribution in [3.8, 4) is 0 Å². The number of benzene rings is 1. The van der Waals surface area contributed by atoms with E-state index in [9.17, 15) is 4.79 Å². The summed E-state index contributed by atoms with van der Waals surface area (Å²) in [7, 11) is 0. The smallest absolute Gasteiger partial charge is 0.328 e. The van der Waals surface area contributed by atoms with Gasteiger partial charge in [-0.1, -0.05) is 28.1 Å². The topological polar surface area (TPSA) is 37.3 Å². The van der Waals surface area contributed by atoms with Gasteiger partial charge in [-0.25, -0.2) is 4.79 Å². The highest BCUT2D eigenvalue weighted by Gasteiger charge is 1.98. The van der Waals surface area contributed by atoms with Gasteiger partial charge in [0, 0.05) is 10.5 Å². The van der Waals surface area contributed by atoms with E-state index in [2.05, 4.69) is 15.9 Å². The maximum Gasteiger partial charge on any atom is 0.328 e. The van der Waals surface area contributed by atoms with Gasteiger partial charge >= 0.3 is 5.97 Å². The van der Waals surface area contributed by atoms with Crippen molar-refractivity contribution in [1.82, 2.24) is 0 Å². The van der Waals surface area contributed by atoms with E-state index in [1.165, 1.54) is 6.08 Å². The quantitative estimate of drug-likeness (QED) is 0.842. The van der Waals surface area contributed by atoms with Crippen LogP contribution in [0, 0.1) is 0 Å². The number of carbonyl (C=O) groups is 1. The molecule has 0 bridgehead atoms. The predicted molar refractivity (Wildman–Crippen MR) is 62.7 cm³/mol. The second kappa shape index (κ2) is 5.83. The van der Waals surface area contributed by atoms with Gasteiger partial charge in [-0.2, -0.15) is 0 Å². The van der Waals surface area contributed by atoms with Gasteiger partial charge < -0.3 is 5.11 Å². The van der Waals surface area contributed by atoms with E-state index >= 15 is 0 Å². The summed E-state index contributed by atoms with van der Waals surface area (Å²) in [5.41, 5.74) is 1.66. The fourth-order valence-corrected chi connectivity index (χ4v) is 1.40. The first-order valence-electron chi connectivity index (χ1n) is 3.77. The molecule has 1 aromatic rings. The van der Waals surface area contributed by atoms with E-state index in [-0.39, 0.29) is 12.4 Å². The van der Waals surface area contributed by atoms with Gasteiger partial charge in [0.2, 0.25) is 0 Å². The molecule has 76 valence electrons. The van der Waals surface area contributed by atoms with E-state index in [0.29, 0.717) is 0 Å². The van der Waals surface area contributed by atoms with E-state index in [1.54, 1.807) is 6.92 Å². The van der Waals surface area contributed by atoms with Crippen molar-refractivity contribution in [1.29, 1.82) is 0 Å². The van der Waals surface area contributed by atoms with Crippen molar-refractivity contribution in [2.75, 3.05) is 0 Å². The van der Waals surface area contributed by atoms with Crippen LogP contribution < -0.4 is 0 Å². The van der Waals surface area contributed by atoms with Gasteiger partial charge in [0.05, 0.1) is 0 Å². The second-order valence-electron chi connectivity index (χ2n) is 2.68. The summed E-state index contributed by atoms with van der Waals surface area (Å²) in [4.78, 5) is 10.4. The summed E-state index contributed by atoms with van der Waals surface area (Å²) in [5, 5.41) is 8.53. The van der Waals surface area contributed by atoms with Gasteiger partial charge in [0.1, 0.15) is 0 Å². The van der Waals surface area contributed by atoms with Crippen molar-refractivity contribution in [3.05, 3.63) is 40.4 Å². The molecule has 1 rings (SSSR count). The molecule has 0 saturated carbocycles. The summed E-state index contributed by atoms with van der Waals surface area (Å²) in [6, 6.07) is 7.53. The lowest BCUT2D eigenvalue weighted by atomic mass is 10.1. The van der Waals surface area contributed by atoms with Crippen LogP contribution in [0.2, 0.25) is 0 Å². The van der Waals surface area contributed by atoms with Crippen LogP contribution in [0.4, 0.5) is 0 Å². The molecule has 1 N–H and O–H groups in total. The van der Waals surface area contributed by atoms with Gasteiger partial charge in [-0.15, -0.1) is 12.4 Å². The fourth-order valence-electron chi connectivity index (χ4n) is 1.00. The maximum atomic E-state index is 10.4. The molecule has 0 aromatic heterocycles. The minimum absolute atomic E-state index is 0. The molecule has 2 nitrogen and oxygen atoms in total. The molecule has 0 saturated heterocycles. The minimum atomic E-state index is -0.919. The molecule has 0 aliphatic heterocycles. The number of carboxylic acid groups (broad SMARTS) is 1. The van der Waals surface area contributed by atoms with Crippen molar-refractivity contribution < 1.29 is 9.90 Å². The molecule has 0 heterocycles. The Morgan fingerprint density at radius 1 is 1.50 bits per heavy atom. The largest absolute Gasteiger partial charge is 0.478 e. The minimum Gasteiger partial charge on any atom is -0.478 e. The Kier molecular flexibility index (Phi) is 5.50. The standard InChI is InChI=1S/C10H9BrO2.ClH/c1-7(5-10(12)13)8-3-2-4-9(11)6-8;/h2-6H,1H3,(H,12,13);1H. The highest BCUT2D eigenvalue weighted by Crippen LogP contribution is 2.18. The fraction of sp³-hybridized carbons (Fsp3) is 0.100. The Balaban J connectivity index is 0.00000169. The lowest BCUT2D eigenvalue weighted by Gasteiger charge is -2.00. The molecule has 0 radical (unpaired) electrons. The molecule has 0 unspecified atom stereocenters. The number of carboxylic acids is 1. The zero-order chi connectivity index (χ0) is 9.84. The number of aliphatic carboxylic acids is 1. The maximum absolute atomic E-state index is 10.4. The molecule has 0 fully saturated rings. The van der Waals surface area contributed by atoms with Crippen LogP contribution >= 0.6 is 28.3 Å². The molecule has 0 amide bonds. The number of hydrogen-bond acceptors (Lipinski definition) is 1. The summed E-state index contributed by atoms with van der Waals surface area (Å²) in [5.74, 6) is -0.919. The Hall–Kier alpha value is -0.800. The average molecular weight is 278 g/mol. The van der Waals surface area contributed by atoms with Crippen LogP contribution in [0.3, 0.4) is 0 Å². The molecule has 0 spiro atoms. The highest BCUT2D eigenvalue weighted by atomic mass is 79.9. The SMILES string of the molecule is CC(=CC(=O)O)c1cccc(Br)c1.Cl. The summed E-state index contributed by atoms with van der Waals surface area (Å²) in [6.45, 7) is 1.77. The molecular weight excluding hydrogens is 267 g/mol. The Morgan fingerprint density at radius 3 is 2.64 bits per heavy atom. The summed E-state index contributed by atoms with van der Waals surface area (Å²) in [6.07, 6.45) is 1.20. The zero-order valence-corrected chi connectivity index (χ0v) is 9.93. The predicted octanol–water partition coefficient (Wildman–Crippen LogP) is 3.36. The van der Waals surface area contributed by atoms with Crippen LogP contribution in [0.1, 0.15) is 12.5 Å². The third kappa shape index (κ3) is 3.94. The lowest BCUT2D eigenvalue weighted by Crippen LogP contribution is -1.89. The zero-order valence-electron chi connectivity index (χ0n) is 7.53. The number of rotatable bonds is 2. The van der Waals surface area contributed by atoms with Crippen molar-refractivity contribution in [3.63, 3.8) is 0 Å². The van der Waals surface area contributed by atoms with Gasteiger partial charge in [0.25, 0.3) is 0 Å². The Labute approximate surface area is 97.2 Å². The molecular formula is C10H10BrClO2.